The zero-order valence-corrected chi connectivity index (χ0v) is 10.6. The van der Waals surface area contributed by atoms with Gasteiger partial charge in [0.05, 0.1) is 18.6 Å². The molecule has 1 aliphatic heterocycles. The van der Waals surface area contributed by atoms with Gasteiger partial charge in [0.15, 0.2) is 0 Å². The third-order valence-corrected chi connectivity index (χ3v) is 1.66. The van der Waals surface area contributed by atoms with Crippen LogP contribution in [0.15, 0.2) is 25.3 Å². The van der Waals surface area contributed by atoms with Crippen molar-refractivity contribution >= 4 is 11.6 Å². The molecule has 5 N–H and O–H groups in total. The Morgan fingerprint density at radius 1 is 1.25 bits per heavy atom. The highest BCUT2D eigenvalue weighted by Gasteiger charge is 2.19. The molecule has 0 aromatic rings. The molecule has 0 aromatic heterocycles. The number of nitrogens with one attached hydrogen (secondary N) is 1. The minimum atomic E-state index is 0.400. The van der Waals surface area contributed by atoms with Crippen LogP contribution in [-0.4, -0.2) is 44.8 Å². The molecule has 0 amide bonds. The first-order valence-electron chi connectivity index (χ1n) is 5.26. The van der Waals surface area contributed by atoms with Crippen LogP contribution in [0.25, 0.3) is 0 Å². The molecule has 5 heteroatoms. The lowest BCUT2D eigenvalue weighted by atomic mass is 10.5. The summed E-state index contributed by atoms with van der Waals surface area (Å²) in [7, 11) is 0. The predicted molar refractivity (Wildman–Crippen MR) is 71.8 cm³/mol. The number of nitrogens with two attached hydrogens (primary N) is 2. The van der Waals surface area contributed by atoms with Crippen molar-refractivity contribution < 1.29 is 4.74 Å². The zero-order valence-electron chi connectivity index (χ0n) is 9.83. The molecule has 1 saturated heterocycles. The average molecular weight is 250 g/mol. The lowest BCUT2D eigenvalue weighted by molar-refractivity contribution is 0.425. The van der Waals surface area contributed by atoms with Crippen LogP contribution in [0.4, 0.5) is 0 Å². The number of epoxide rings is 1. The molecule has 0 spiro atoms. The second-order valence-corrected chi connectivity index (χ2v) is 3.23. The van der Waals surface area contributed by atoms with Crippen molar-refractivity contribution in [1.29, 1.82) is 0 Å². The third-order valence-electron chi connectivity index (χ3n) is 1.32. The van der Waals surface area contributed by atoms with Gasteiger partial charge in [-0.15, -0.1) is 24.8 Å². The molecule has 0 aliphatic carbocycles. The Hall–Kier alpha value is -0.390. The molecular formula is C11H24ClN3O. The Morgan fingerprint density at radius 2 is 1.69 bits per heavy atom. The first-order valence-corrected chi connectivity index (χ1v) is 5.80. The molecule has 0 saturated carbocycles. The number of halogens is 1. The van der Waals surface area contributed by atoms with Gasteiger partial charge in [-0.25, -0.2) is 0 Å². The smallest absolute Gasteiger partial charge is 0.0944 e. The quantitative estimate of drug-likeness (QED) is 0.277. The highest BCUT2D eigenvalue weighted by Crippen LogP contribution is 2.08. The minimum Gasteiger partial charge on any atom is -0.372 e. The van der Waals surface area contributed by atoms with Gasteiger partial charge in [-0.05, 0) is 0 Å². The summed E-state index contributed by atoms with van der Waals surface area (Å²) in [5, 5.41) is 3.05. The maximum atomic E-state index is 5.27. The van der Waals surface area contributed by atoms with Crippen molar-refractivity contribution in [3.63, 3.8) is 0 Å². The number of alkyl halides is 1. The standard InChI is InChI=1S/C6H11N.C3H5ClO.C2H8N2/c1-3-5-7-6-4-2;4-1-3-2-5-3;3-1-2-4/h3-4,7H,1-2,5-6H2;3H,1-2H2;1-4H2. The van der Waals surface area contributed by atoms with Gasteiger partial charge >= 0.3 is 0 Å². The lowest BCUT2D eigenvalue weighted by Gasteiger charge is -1.90. The normalized spacial score (nSPS) is 16.1. The Balaban J connectivity index is 0. The second-order valence-electron chi connectivity index (χ2n) is 2.92. The number of ether oxygens (including phenoxy) is 1. The number of rotatable bonds is 6. The fourth-order valence-corrected chi connectivity index (χ4v) is 0.623. The van der Waals surface area contributed by atoms with Crippen LogP contribution in [0.2, 0.25) is 0 Å². The van der Waals surface area contributed by atoms with E-state index in [9.17, 15) is 0 Å². The lowest BCUT2D eigenvalue weighted by Crippen LogP contribution is -2.11. The summed E-state index contributed by atoms with van der Waals surface area (Å²) in [4.78, 5) is 0. The highest BCUT2D eigenvalue weighted by molar-refractivity contribution is 6.18. The summed E-state index contributed by atoms with van der Waals surface area (Å²) in [6.07, 6.45) is 4.05. The first-order chi connectivity index (χ1) is 7.76. The molecule has 16 heavy (non-hydrogen) atoms. The van der Waals surface area contributed by atoms with Gasteiger partial charge < -0.3 is 21.5 Å². The molecule has 1 aliphatic rings. The SMILES string of the molecule is C=CCNCC=C.ClCC1CO1.NCCN. The molecule has 1 heterocycles. The van der Waals surface area contributed by atoms with Gasteiger partial charge in [0.1, 0.15) is 0 Å². The second kappa shape index (κ2) is 17.0. The summed E-state index contributed by atoms with van der Waals surface area (Å²) in [6, 6.07) is 0. The summed E-state index contributed by atoms with van der Waals surface area (Å²) < 4.78 is 4.73. The van der Waals surface area contributed by atoms with Crippen LogP contribution in [0.3, 0.4) is 0 Å². The summed E-state index contributed by atoms with van der Waals surface area (Å²) in [5.41, 5.74) is 9.81. The summed E-state index contributed by atoms with van der Waals surface area (Å²) >= 11 is 5.27. The van der Waals surface area contributed by atoms with Crippen molar-refractivity contribution in [3.05, 3.63) is 25.3 Å². The largest absolute Gasteiger partial charge is 0.372 e. The van der Waals surface area contributed by atoms with Crippen LogP contribution in [0.1, 0.15) is 0 Å². The maximum Gasteiger partial charge on any atom is 0.0944 e. The van der Waals surface area contributed by atoms with E-state index in [0.29, 0.717) is 25.1 Å². The Labute approximate surface area is 104 Å². The Morgan fingerprint density at radius 3 is 1.81 bits per heavy atom. The van der Waals surface area contributed by atoms with Gasteiger partial charge in [0.25, 0.3) is 0 Å². The van der Waals surface area contributed by atoms with Gasteiger partial charge in [-0.3, -0.25) is 0 Å². The van der Waals surface area contributed by atoms with E-state index in [1.165, 1.54) is 0 Å². The molecule has 1 fully saturated rings. The van der Waals surface area contributed by atoms with Crippen LogP contribution in [0, 0.1) is 0 Å². The van der Waals surface area contributed by atoms with E-state index >= 15 is 0 Å². The number of hydrogen-bond donors (Lipinski definition) is 3. The Kier molecular flexibility index (Phi) is 19.1. The molecule has 0 aromatic carbocycles. The van der Waals surface area contributed by atoms with Crippen LogP contribution in [-0.2, 0) is 4.74 Å². The summed E-state index contributed by atoms with van der Waals surface area (Å²) in [6.45, 7) is 10.9. The fraction of sp³-hybridized carbons (Fsp3) is 0.636. The third kappa shape index (κ3) is 23.4. The molecule has 0 radical (unpaired) electrons. The van der Waals surface area contributed by atoms with E-state index in [4.69, 9.17) is 27.8 Å². The van der Waals surface area contributed by atoms with E-state index in [1.54, 1.807) is 0 Å². The fourth-order valence-electron chi connectivity index (χ4n) is 0.445. The van der Waals surface area contributed by atoms with E-state index in [0.717, 1.165) is 19.7 Å². The summed E-state index contributed by atoms with van der Waals surface area (Å²) in [5.74, 6) is 0.667. The average Bonchev–Trinajstić information content (AvgIpc) is 3.15. The van der Waals surface area contributed by atoms with Gasteiger partial charge in [-0.2, -0.15) is 0 Å². The number of hydrogen-bond acceptors (Lipinski definition) is 4. The topological polar surface area (TPSA) is 76.6 Å². The van der Waals surface area contributed by atoms with Crippen LogP contribution >= 0.6 is 11.6 Å². The van der Waals surface area contributed by atoms with Crippen molar-refractivity contribution in [1.82, 2.24) is 5.32 Å². The van der Waals surface area contributed by atoms with E-state index in [-0.39, 0.29) is 0 Å². The van der Waals surface area contributed by atoms with E-state index in [2.05, 4.69) is 18.5 Å². The van der Waals surface area contributed by atoms with Crippen molar-refractivity contribution in [2.24, 2.45) is 11.5 Å². The molecule has 1 unspecified atom stereocenters. The van der Waals surface area contributed by atoms with Crippen LogP contribution in [0.5, 0.6) is 0 Å². The van der Waals surface area contributed by atoms with Crippen molar-refractivity contribution in [3.8, 4) is 0 Å². The molecule has 96 valence electrons. The molecule has 0 bridgehead atoms. The van der Waals surface area contributed by atoms with Crippen molar-refractivity contribution in [2.75, 3.05) is 38.7 Å². The van der Waals surface area contributed by atoms with Gasteiger partial charge in [0.2, 0.25) is 0 Å². The maximum absolute atomic E-state index is 5.27. The predicted octanol–water partition coefficient (Wildman–Crippen LogP) is 0.476. The molecule has 1 rings (SSSR count). The zero-order chi connectivity index (χ0) is 12.6. The van der Waals surface area contributed by atoms with Crippen LogP contribution < -0.4 is 16.8 Å². The monoisotopic (exact) mass is 249 g/mol. The van der Waals surface area contributed by atoms with Gasteiger partial charge in [-0.1, -0.05) is 12.2 Å². The van der Waals surface area contributed by atoms with Gasteiger partial charge in [0, 0.05) is 26.2 Å². The highest BCUT2D eigenvalue weighted by atomic mass is 35.5. The van der Waals surface area contributed by atoms with E-state index < -0.39 is 0 Å². The minimum absolute atomic E-state index is 0.400. The van der Waals surface area contributed by atoms with Crippen molar-refractivity contribution in [2.45, 2.75) is 6.10 Å². The Bertz CT molecular complexity index is 142. The van der Waals surface area contributed by atoms with E-state index in [1.807, 2.05) is 12.2 Å². The molecule has 1 atom stereocenters. The molecule has 4 nitrogen and oxygen atoms in total. The first kappa shape index (κ1) is 18.0. The molecular weight excluding hydrogens is 226 g/mol.